The lowest BCUT2D eigenvalue weighted by molar-refractivity contribution is -0.0136. The topological polar surface area (TPSA) is 116 Å². The van der Waals surface area contributed by atoms with Crippen LogP contribution in [-0.2, 0) is 17.7 Å². The van der Waals surface area contributed by atoms with Crippen LogP contribution in [0.25, 0.3) is 5.69 Å². The highest BCUT2D eigenvalue weighted by molar-refractivity contribution is 5.54. The van der Waals surface area contributed by atoms with Gasteiger partial charge in [0, 0.05) is 56.0 Å². The van der Waals surface area contributed by atoms with Gasteiger partial charge in [-0.3, -0.25) is 4.68 Å². The summed E-state index contributed by atoms with van der Waals surface area (Å²) in [5.74, 6) is -0.351. The van der Waals surface area contributed by atoms with E-state index in [1.807, 2.05) is 43.3 Å². The predicted octanol–water partition coefficient (Wildman–Crippen LogP) is 4.66. The number of hydrogen-bond donors (Lipinski definition) is 1. The van der Waals surface area contributed by atoms with Crippen molar-refractivity contribution in [1.29, 1.82) is 0 Å². The zero-order valence-electron chi connectivity index (χ0n) is 29.4. The number of benzene rings is 3. The van der Waals surface area contributed by atoms with Gasteiger partial charge in [0.2, 0.25) is 0 Å². The minimum Gasteiger partial charge on any atom is -0.493 e. The second-order valence-corrected chi connectivity index (χ2v) is 13.8. The summed E-state index contributed by atoms with van der Waals surface area (Å²) in [5.41, 5.74) is 2.35. The van der Waals surface area contributed by atoms with Crippen LogP contribution in [-0.4, -0.2) is 85.3 Å². The predicted molar refractivity (Wildman–Crippen MR) is 192 cm³/mol. The fourth-order valence-corrected chi connectivity index (χ4v) is 7.41. The van der Waals surface area contributed by atoms with Crippen molar-refractivity contribution >= 4 is 11.4 Å². The molecule has 0 saturated carbocycles. The normalized spacial score (nSPS) is 20.3. The zero-order chi connectivity index (χ0) is 36.2. The zero-order valence-corrected chi connectivity index (χ0v) is 29.4. The Morgan fingerprint density at radius 2 is 1.62 bits per heavy atom. The van der Waals surface area contributed by atoms with E-state index in [1.165, 1.54) is 34.0 Å². The molecule has 52 heavy (non-hydrogen) atoms. The van der Waals surface area contributed by atoms with Crippen LogP contribution in [0.1, 0.15) is 38.3 Å². The second kappa shape index (κ2) is 15.3. The monoisotopic (exact) mass is 714 g/mol. The summed E-state index contributed by atoms with van der Waals surface area (Å²) < 4.78 is 45.3. The average Bonchev–Trinajstić information content (AvgIpc) is 3.91. The Hall–Kier alpha value is -5.08. The van der Waals surface area contributed by atoms with E-state index in [1.54, 1.807) is 17.9 Å². The maximum atomic E-state index is 14.6. The van der Waals surface area contributed by atoms with E-state index < -0.39 is 23.3 Å². The number of hydrogen-bond acceptors (Lipinski definition) is 9. The van der Waals surface area contributed by atoms with Gasteiger partial charge >= 0.3 is 5.69 Å². The SMILES string of the molecule is CC[C@@H]([C@H](C)O)n1ncn(-c2ccc(N3CCN(c4ccc(OC[C@@H]5CO[C@](Cc6ccc(F)cc6F)(Cn6cncn6)C5)cc4)CC3)cc2)c1=O. The lowest BCUT2D eigenvalue weighted by Crippen LogP contribution is -2.46. The van der Waals surface area contributed by atoms with Crippen molar-refractivity contribution in [2.24, 2.45) is 5.92 Å². The molecule has 0 amide bonds. The third-order valence-corrected chi connectivity index (χ3v) is 10.2. The molecule has 0 unspecified atom stereocenters. The van der Waals surface area contributed by atoms with E-state index in [-0.39, 0.29) is 24.1 Å². The van der Waals surface area contributed by atoms with Crippen LogP contribution in [0.2, 0.25) is 0 Å². The van der Waals surface area contributed by atoms with Crippen LogP contribution in [0.15, 0.2) is 90.5 Å². The molecule has 2 aromatic heterocycles. The van der Waals surface area contributed by atoms with Gasteiger partial charge in [0.25, 0.3) is 0 Å². The van der Waals surface area contributed by atoms with E-state index >= 15 is 0 Å². The van der Waals surface area contributed by atoms with E-state index in [4.69, 9.17) is 9.47 Å². The minimum atomic E-state index is -0.726. The molecule has 12 nitrogen and oxygen atoms in total. The Balaban J connectivity index is 0.913. The number of ether oxygens (including phenoxy) is 2. The molecule has 0 aliphatic carbocycles. The van der Waals surface area contributed by atoms with Gasteiger partial charge in [-0.15, -0.1) is 0 Å². The quantitative estimate of drug-likeness (QED) is 0.186. The molecule has 2 saturated heterocycles. The number of piperazine rings is 1. The molecule has 0 spiro atoms. The van der Waals surface area contributed by atoms with Gasteiger partial charge in [-0.1, -0.05) is 13.0 Å². The number of halogens is 2. The lowest BCUT2D eigenvalue weighted by Gasteiger charge is -2.37. The molecule has 3 aromatic carbocycles. The maximum absolute atomic E-state index is 14.6. The Bertz CT molecular complexity index is 1980. The van der Waals surface area contributed by atoms with E-state index in [9.17, 15) is 18.7 Å². The molecular formula is C38H44F2N8O4. The first-order valence-corrected chi connectivity index (χ1v) is 17.8. The smallest absolute Gasteiger partial charge is 0.350 e. The van der Waals surface area contributed by atoms with Crippen molar-refractivity contribution in [1.82, 2.24) is 29.1 Å². The van der Waals surface area contributed by atoms with Crippen LogP contribution in [0.3, 0.4) is 0 Å². The van der Waals surface area contributed by atoms with Gasteiger partial charge in [0.15, 0.2) is 0 Å². The number of aliphatic hydroxyl groups is 1. The highest BCUT2D eigenvalue weighted by Crippen LogP contribution is 2.36. The summed E-state index contributed by atoms with van der Waals surface area (Å²) in [6.07, 6.45) is 5.41. The molecule has 7 rings (SSSR count). The van der Waals surface area contributed by atoms with Gasteiger partial charge in [0.05, 0.1) is 43.2 Å². The van der Waals surface area contributed by atoms with Crippen molar-refractivity contribution in [3.8, 4) is 11.4 Å². The molecule has 5 aromatic rings. The second-order valence-electron chi connectivity index (χ2n) is 13.8. The average molecular weight is 715 g/mol. The van der Waals surface area contributed by atoms with Crippen LogP contribution in [0.4, 0.5) is 20.2 Å². The Morgan fingerprint density at radius 1 is 0.942 bits per heavy atom. The molecule has 0 bridgehead atoms. The molecule has 4 heterocycles. The number of aromatic nitrogens is 6. The van der Waals surface area contributed by atoms with Crippen LogP contribution in [0.5, 0.6) is 5.75 Å². The highest BCUT2D eigenvalue weighted by atomic mass is 19.1. The van der Waals surface area contributed by atoms with Crippen LogP contribution < -0.4 is 20.2 Å². The maximum Gasteiger partial charge on any atom is 0.350 e. The Labute approximate surface area is 300 Å². The molecule has 274 valence electrons. The lowest BCUT2D eigenvalue weighted by atomic mass is 9.88. The van der Waals surface area contributed by atoms with E-state index in [2.05, 4.69) is 37.1 Å². The highest BCUT2D eigenvalue weighted by Gasteiger charge is 2.42. The van der Waals surface area contributed by atoms with Gasteiger partial charge in [-0.05, 0) is 79.9 Å². The third kappa shape index (κ3) is 7.72. The summed E-state index contributed by atoms with van der Waals surface area (Å²) >= 11 is 0. The first-order valence-electron chi connectivity index (χ1n) is 17.8. The summed E-state index contributed by atoms with van der Waals surface area (Å²) in [4.78, 5) is 21.7. The van der Waals surface area contributed by atoms with Gasteiger partial charge in [-0.2, -0.15) is 10.2 Å². The molecule has 2 aliphatic heterocycles. The molecule has 2 aliphatic rings. The first kappa shape index (κ1) is 35.3. The first-order chi connectivity index (χ1) is 25.2. The van der Waals surface area contributed by atoms with Gasteiger partial charge in [0.1, 0.15) is 36.4 Å². The standard InChI is InChI=1S/C38H44F2N8O4/c1-3-36(27(2)49)48-37(50)47(26-43-48)33-8-6-31(7-9-33)44-14-16-45(17-15-44)32-10-12-34(13-11-32)51-21-28-19-38(52-22-28,23-46-25-41-24-42-46)20-29-4-5-30(39)18-35(29)40/h4-13,18,24-28,36,49H,3,14-17,19-23H2,1-2H3/t27-,28+,36-,38+/m0/s1. The molecule has 14 heteroatoms. The molecule has 1 N–H and O–H groups in total. The third-order valence-electron chi connectivity index (χ3n) is 10.2. The number of rotatable bonds is 13. The molecule has 2 fully saturated rings. The van der Waals surface area contributed by atoms with Gasteiger partial charge < -0.3 is 24.4 Å². The van der Waals surface area contributed by atoms with Crippen molar-refractivity contribution in [3.05, 3.63) is 113 Å². The van der Waals surface area contributed by atoms with Crippen LogP contribution >= 0.6 is 0 Å². The van der Waals surface area contributed by atoms with Crippen LogP contribution in [0, 0.1) is 17.6 Å². The number of anilines is 2. The Morgan fingerprint density at radius 3 is 2.23 bits per heavy atom. The summed E-state index contributed by atoms with van der Waals surface area (Å²) in [6, 6.07) is 19.3. The van der Waals surface area contributed by atoms with Crippen molar-refractivity contribution in [3.63, 3.8) is 0 Å². The van der Waals surface area contributed by atoms with Crippen molar-refractivity contribution < 1.29 is 23.4 Å². The molecular weight excluding hydrogens is 670 g/mol. The fourth-order valence-electron chi connectivity index (χ4n) is 7.41. The fraction of sp³-hybridized carbons (Fsp3) is 0.421. The Kier molecular flexibility index (Phi) is 10.4. The number of nitrogens with zero attached hydrogens (tertiary/aromatic N) is 8. The molecule has 4 atom stereocenters. The van der Waals surface area contributed by atoms with E-state index in [0.717, 1.165) is 55.1 Å². The van der Waals surface area contributed by atoms with Crippen molar-refractivity contribution in [2.45, 2.75) is 57.4 Å². The molecule has 0 radical (unpaired) electrons. The van der Waals surface area contributed by atoms with E-state index in [0.29, 0.717) is 38.2 Å². The number of aliphatic hydroxyl groups excluding tert-OH is 1. The van der Waals surface area contributed by atoms with Crippen molar-refractivity contribution in [2.75, 3.05) is 49.2 Å². The minimum absolute atomic E-state index is 0.0796. The van der Waals surface area contributed by atoms with Gasteiger partial charge in [-0.25, -0.2) is 27.8 Å². The summed E-state index contributed by atoms with van der Waals surface area (Å²) in [6.45, 7) is 8.30. The largest absolute Gasteiger partial charge is 0.493 e. The summed E-state index contributed by atoms with van der Waals surface area (Å²) in [7, 11) is 0. The summed E-state index contributed by atoms with van der Waals surface area (Å²) in [5, 5.41) is 18.5.